The van der Waals surface area contributed by atoms with Crippen LogP contribution >= 0.6 is 0 Å². The first-order chi connectivity index (χ1) is 16.3. The van der Waals surface area contributed by atoms with E-state index in [2.05, 4.69) is 10.4 Å². The SMILES string of the molecule is COc1ccc(S(=O)(=O)c2cc(CN(O)NC(=O)CC3CCC(OCCF)CC3)ccn2)cc1. The number of sulfone groups is 1. The Morgan fingerprint density at radius 3 is 2.56 bits per heavy atom. The zero-order valence-corrected chi connectivity index (χ0v) is 19.8. The molecule has 1 heterocycles. The highest BCUT2D eigenvalue weighted by molar-refractivity contribution is 7.91. The number of nitrogens with one attached hydrogen (secondary N) is 1. The number of halogens is 1. The lowest BCUT2D eigenvalue weighted by Gasteiger charge is -2.28. The number of amides is 1. The summed E-state index contributed by atoms with van der Waals surface area (Å²) >= 11 is 0. The van der Waals surface area contributed by atoms with Crippen LogP contribution < -0.4 is 10.2 Å². The fraction of sp³-hybridized carbons (Fsp3) is 0.478. The molecule has 0 unspecified atom stereocenters. The lowest BCUT2D eigenvalue weighted by Crippen LogP contribution is -2.40. The van der Waals surface area contributed by atoms with Gasteiger partial charge in [0.05, 0.1) is 31.3 Å². The van der Waals surface area contributed by atoms with E-state index in [1.807, 2.05) is 0 Å². The molecular weight excluding hydrogens is 465 g/mol. The van der Waals surface area contributed by atoms with E-state index in [0.29, 0.717) is 16.5 Å². The summed E-state index contributed by atoms with van der Waals surface area (Å²) in [7, 11) is -2.37. The van der Waals surface area contributed by atoms with Gasteiger partial charge in [-0.25, -0.2) is 17.8 Å². The third kappa shape index (κ3) is 7.20. The molecular formula is C23H30FN3O6S. The Kier molecular flexibility index (Phi) is 9.34. The predicted octanol–water partition coefficient (Wildman–Crippen LogP) is 3.08. The molecule has 1 aliphatic rings. The maximum atomic E-state index is 12.9. The highest BCUT2D eigenvalue weighted by Gasteiger charge is 2.24. The molecule has 0 aliphatic heterocycles. The second-order valence-electron chi connectivity index (χ2n) is 8.18. The number of ether oxygens (including phenoxy) is 2. The van der Waals surface area contributed by atoms with Crippen LogP contribution in [0.5, 0.6) is 5.75 Å². The maximum absolute atomic E-state index is 12.9. The Morgan fingerprint density at radius 1 is 1.21 bits per heavy atom. The highest BCUT2D eigenvalue weighted by Crippen LogP contribution is 2.28. The lowest BCUT2D eigenvalue weighted by molar-refractivity contribution is -0.166. The van der Waals surface area contributed by atoms with Crippen molar-refractivity contribution in [1.29, 1.82) is 0 Å². The second-order valence-corrected chi connectivity index (χ2v) is 10.1. The standard InChI is InChI=1S/C23H30FN3O6S/c1-32-19-6-8-21(9-7-19)34(30,31)23-15-18(10-12-25-23)16-27(29)26-22(28)14-17-2-4-20(5-3-17)33-13-11-24/h6-10,12,15,17,20,29H,2-5,11,13-14,16H2,1H3,(H,26,28). The van der Waals surface area contributed by atoms with Gasteiger partial charge < -0.3 is 9.47 Å². The van der Waals surface area contributed by atoms with Crippen molar-refractivity contribution in [1.82, 2.24) is 15.6 Å². The molecule has 3 rings (SSSR count). The first-order valence-corrected chi connectivity index (χ1v) is 12.6. The normalized spacial score (nSPS) is 18.6. The average molecular weight is 496 g/mol. The van der Waals surface area contributed by atoms with Gasteiger partial charge in [-0.3, -0.25) is 15.4 Å². The molecule has 1 aromatic heterocycles. The molecule has 11 heteroatoms. The molecule has 1 aromatic carbocycles. The number of hydroxylamine groups is 1. The minimum absolute atomic E-state index is 0.0412. The molecule has 2 N–H and O–H groups in total. The predicted molar refractivity (Wildman–Crippen MR) is 120 cm³/mol. The first-order valence-electron chi connectivity index (χ1n) is 11.1. The summed E-state index contributed by atoms with van der Waals surface area (Å²) in [6.07, 6.45) is 4.79. The van der Waals surface area contributed by atoms with Crippen LogP contribution in [0.25, 0.3) is 0 Å². The Morgan fingerprint density at radius 2 is 1.91 bits per heavy atom. The van der Waals surface area contributed by atoms with Crippen molar-refractivity contribution >= 4 is 15.7 Å². The number of methoxy groups -OCH3 is 1. The van der Waals surface area contributed by atoms with Crippen molar-refractivity contribution < 1.29 is 32.3 Å². The third-order valence-corrected chi connectivity index (χ3v) is 7.40. The Bertz CT molecular complexity index is 1040. The van der Waals surface area contributed by atoms with Crippen LogP contribution in [0.4, 0.5) is 4.39 Å². The molecule has 0 bridgehead atoms. The van der Waals surface area contributed by atoms with E-state index < -0.39 is 16.5 Å². The molecule has 1 saturated carbocycles. The van der Waals surface area contributed by atoms with Crippen LogP contribution in [0.3, 0.4) is 0 Å². The molecule has 1 aliphatic carbocycles. The van der Waals surface area contributed by atoms with Gasteiger partial charge in [0.25, 0.3) is 0 Å². The van der Waals surface area contributed by atoms with Crippen molar-refractivity contribution in [2.24, 2.45) is 5.92 Å². The molecule has 2 aromatic rings. The van der Waals surface area contributed by atoms with Crippen LogP contribution in [0.2, 0.25) is 0 Å². The molecule has 0 atom stereocenters. The van der Waals surface area contributed by atoms with Crippen molar-refractivity contribution in [3.63, 3.8) is 0 Å². The molecule has 186 valence electrons. The van der Waals surface area contributed by atoms with Gasteiger partial charge in [0.2, 0.25) is 15.7 Å². The quantitative estimate of drug-likeness (QED) is 0.457. The number of carbonyl (C=O) groups is 1. The molecule has 9 nitrogen and oxygen atoms in total. The van der Waals surface area contributed by atoms with E-state index in [-0.39, 0.29) is 47.4 Å². The van der Waals surface area contributed by atoms with E-state index >= 15 is 0 Å². The van der Waals surface area contributed by atoms with E-state index in [4.69, 9.17) is 9.47 Å². The number of hydrogen-bond acceptors (Lipinski definition) is 8. The number of aromatic nitrogens is 1. The van der Waals surface area contributed by atoms with Crippen molar-refractivity contribution in [2.45, 2.75) is 54.7 Å². The first kappa shape index (κ1) is 26.0. The topological polar surface area (TPSA) is 118 Å². The summed E-state index contributed by atoms with van der Waals surface area (Å²) < 4.78 is 48.4. The summed E-state index contributed by atoms with van der Waals surface area (Å²) in [5.74, 6) is 0.363. The van der Waals surface area contributed by atoms with Crippen LogP contribution in [-0.2, 0) is 25.9 Å². The minimum atomic E-state index is -3.86. The molecule has 1 fully saturated rings. The van der Waals surface area contributed by atoms with Gasteiger partial charge >= 0.3 is 0 Å². The molecule has 0 saturated heterocycles. The number of nitrogens with zero attached hydrogens (tertiary/aromatic N) is 2. The maximum Gasteiger partial charge on any atom is 0.236 e. The number of hydrogen-bond donors (Lipinski definition) is 2. The number of benzene rings is 1. The van der Waals surface area contributed by atoms with Crippen molar-refractivity contribution in [3.05, 3.63) is 48.2 Å². The Labute approximate surface area is 198 Å². The van der Waals surface area contributed by atoms with Gasteiger partial charge in [-0.05, 0) is 73.6 Å². The number of carbonyl (C=O) groups excluding carboxylic acids is 1. The number of alkyl halides is 1. The second kappa shape index (κ2) is 12.2. The van der Waals surface area contributed by atoms with Gasteiger partial charge in [-0.15, -0.1) is 0 Å². The third-order valence-electron chi connectivity index (χ3n) is 5.73. The van der Waals surface area contributed by atoms with Crippen LogP contribution in [0, 0.1) is 5.92 Å². The number of pyridine rings is 1. The van der Waals surface area contributed by atoms with Gasteiger partial charge in [-0.2, -0.15) is 0 Å². The van der Waals surface area contributed by atoms with E-state index in [0.717, 1.165) is 25.7 Å². The van der Waals surface area contributed by atoms with Crippen LogP contribution in [-0.4, -0.2) is 56.2 Å². The fourth-order valence-corrected chi connectivity index (χ4v) is 5.19. The largest absolute Gasteiger partial charge is 0.497 e. The smallest absolute Gasteiger partial charge is 0.236 e. The zero-order chi connectivity index (χ0) is 24.6. The van der Waals surface area contributed by atoms with E-state index in [9.17, 15) is 22.8 Å². The van der Waals surface area contributed by atoms with E-state index in [1.165, 1.54) is 31.5 Å². The minimum Gasteiger partial charge on any atom is -0.497 e. The van der Waals surface area contributed by atoms with Gasteiger partial charge in [0.15, 0.2) is 5.03 Å². The average Bonchev–Trinajstić information content (AvgIpc) is 2.83. The van der Waals surface area contributed by atoms with Gasteiger partial charge in [0.1, 0.15) is 12.4 Å². The molecule has 1 amide bonds. The summed E-state index contributed by atoms with van der Waals surface area (Å²) in [6.45, 7) is -0.516. The summed E-state index contributed by atoms with van der Waals surface area (Å²) in [5, 5.41) is 10.6. The Balaban J connectivity index is 1.53. The summed E-state index contributed by atoms with van der Waals surface area (Å²) in [4.78, 5) is 16.3. The summed E-state index contributed by atoms with van der Waals surface area (Å²) in [5.41, 5.74) is 2.86. The lowest BCUT2D eigenvalue weighted by atomic mass is 9.85. The van der Waals surface area contributed by atoms with Crippen molar-refractivity contribution in [3.8, 4) is 5.75 Å². The number of rotatable bonds is 11. The van der Waals surface area contributed by atoms with E-state index in [1.54, 1.807) is 18.2 Å². The molecule has 0 radical (unpaired) electrons. The molecule has 34 heavy (non-hydrogen) atoms. The van der Waals surface area contributed by atoms with Crippen molar-refractivity contribution in [2.75, 3.05) is 20.4 Å². The number of hydrazine groups is 1. The molecule has 0 spiro atoms. The monoisotopic (exact) mass is 495 g/mol. The van der Waals surface area contributed by atoms with Crippen LogP contribution in [0.1, 0.15) is 37.7 Å². The van der Waals surface area contributed by atoms with Crippen LogP contribution in [0.15, 0.2) is 52.5 Å². The van der Waals surface area contributed by atoms with Gasteiger partial charge in [0, 0.05) is 12.6 Å². The Hall–Kier alpha value is -2.60. The highest BCUT2D eigenvalue weighted by atomic mass is 32.2. The zero-order valence-electron chi connectivity index (χ0n) is 19.0. The summed E-state index contributed by atoms with van der Waals surface area (Å²) in [6, 6.07) is 8.87. The van der Waals surface area contributed by atoms with Gasteiger partial charge in [-0.1, -0.05) is 5.17 Å². The fourth-order valence-electron chi connectivity index (χ4n) is 3.95.